The van der Waals surface area contributed by atoms with Crippen LogP contribution >= 0.6 is 23.5 Å². The molecule has 0 radical (unpaired) electrons. The van der Waals surface area contributed by atoms with Crippen LogP contribution in [0.2, 0.25) is 0 Å². The van der Waals surface area contributed by atoms with Crippen molar-refractivity contribution in [2.45, 2.75) is 27.6 Å². The van der Waals surface area contributed by atoms with E-state index in [2.05, 4.69) is 21.4 Å². The van der Waals surface area contributed by atoms with Crippen LogP contribution in [0.4, 0.5) is 5.69 Å². The minimum absolute atomic E-state index is 0.0915. The number of carboxylic acids is 1. The topological polar surface area (TPSA) is 92.2 Å². The van der Waals surface area contributed by atoms with E-state index in [0.29, 0.717) is 21.5 Å². The number of benzene rings is 3. The van der Waals surface area contributed by atoms with Gasteiger partial charge in [-0.15, -0.1) is 0 Å². The summed E-state index contributed by atoms with van der Waals surface area (Å²) in [6.45, 7) is 2.04. The van der Waals surface area contributed by atoms with Gasteiger partial charge in [0.15, 0.2) is 5.16 Å². The number of nitrogens with one attached hydrogen (secondary N) is 1. The first-order valence-electron chi connectivity index (χ1n) is 10.4. The van der Waals surface area contributed by atoms with Crippen LogP contribution in [0.5, 0.6) is 0 Å². The maximum Gasteiger partial charge on any atom is 0.335 e. The molecule has 1 aromatic heterocycles. The van der Waals surface area contributed by atoms with E-state index in [-0.39, 0.29) is 11.3 Å². The second-order valence-electron chi connectivity index (χ2n) is 7.40. The summed E-state index contributed by atoms with van der Waals surface area (Å²) >= 11 is 2.85. The number of hydrogen-bond donors (Lipinski definition) is 2. The van der Waals surface area contributed by atoms with E-state index < -0.39 is 11.9 Å². The number of nitrogens with zero attached hydrogens (tertiary/aromatic N) is 2. The lowest BCUT2D eigenvalue weighted by molar-refractivity contribution is 0.0696. The van der Waals surface area contributed by atoms with Gasteiger partial charge in [-0.2, -0.15) is 0 Å². The summed E-state index contributed by atoms with van der Waals surface area (Å²) in [5, 5.41) is 12.5. The summed E-state index contributed by atoms with van der Waals surface area (Å²) in [5.74, 6) is -0.816. The number of amides is 1. The summed E-state index contributed by atoms with van der Waals surface area (Å²) in [6, 6.07) is 24.0. The predicted octanol–water partition coefficient (Wildman–Crippen LogP) is 6.18. The van der Waals surface area contributed by atoms with Crippen molar-refractivity contribution in [2.24, 2.45) is 0 Å². The van der Waals surface area contributed by atoms with E-state index in [4.69, 9.17) is 0 Å². The molecule has 0 aliphatic carbocycles. The third kappa shape index (κ3) is 6.24. The number of thioether (sulfide) groups is 1. The molecule has 0 aliphatic heterocycles. The molecule has 0 atom stereocenters. The van der Waals surface area contributed by atoms with Gasteiger partial charge >= 0.3 is 5.97 Å². The van der Waals surface area contributed by atoms with Crippen molar-refractivity contribution in [3.05, 3.63) is 107 Å². The molecule has 0 aliphatic rings. The number of carboxylic acid groups (broad SMARTS) is 1. The summed E-state index contributed by atoms with van der Waals surface area (Å²) in [6.07, 6.45) is 1.66. The third-order valence-corrected chi connectivity index (χ3v) is 6.70. The van der Waals surface area contributed by atoms with Gasteiger partial charge in [-0.3, -0.25) is 4.79 Å². The second-order valence-corrected chi connectivity index (χ2v) is 9.46. The fraction of sp³-hybridized carbons (Fsp3) is 0.0769. The Kier molecular flexibility index (Phi) is 7.61. The zero-order valence-corrected chi connectivity index (χ0v) is 19.9. The van der Waals surface area contributed by atoms with Crippen molar-refractivity contribution in [1.29, 1.82) is 0 Å². The zero-order valence-electron chi connectivity index (χ0n) is 18.3. The van der Waals surface area contributed by atoms with Crippen LogP contribution in [0.3, 0.4) is 0 Å². The summed E-state index contributed by atoms with van der Waals surface area (Å²) in [7, 11) is 0. The SMILES string of the molecule is Cc1cccc(CSc2ncc(Sc3ccccc3)c(C(=O)Nc3cccc(C(=O)O)c3)n2)c1. The highest BCUT2D eigenvalue weighted by Crippen LogP contribution is 2.31. The zero-order chi connectivity index (χ0) is 23.9. The molecular formula is C26H21N3O3S2. The monoisotopic (exact) mass is 487 g/mol. The Bertz CT molecular complexity index is 1330. The Morgan fingerprint density at radius 2 is 1.76 bits per heavy atom. The minimum atomic E-state index is -1.06. The third-order valence-electron chi connectivity index (χ3n) is 4.74. The molecule has 0 saturated carbocycles. The Morgan fingerprint density at radius 3 is 2.53 bits per heavy atom. The molecule has 1 amide bonds. The fourth-order valence-corrected chi connectivity index (χ4v) is 4.79. The standard InChI is InChI=1S/C26H21N3O3S2/c1-17-7-5-8-18(13-17)16-33-26-27-15-22(34-21-11-3-2-4-12-21)23(29-26)24(30)28-20-10-6-9-19(14-20)25(31)32/h2-15H,16H2,1H3,(H,28,30)(H,31,32). The Morgan fingerprint density at radius 1 is 0.971 bits per heavy atom. The van der Waals surface area contributed by atoms with Crippen LogP contribution in [0, 0.1) is 6.92 Å². The maximum atomic E-state index is 13.2. The van der Waals surface area contributed by atoms with Gasteiger partial charge in [-0.25, -0.2) is 14.8 Å². The molecule has 4 rings (SSSR count). The van der Waals surface area contributed by atoms with E-state index in [9.17, 15) is 14.7 Å². The minimum Gasteiger partial charge on any atom is -0.478 e. The highest BCUT2D eigenvalue weighted by molar-refractivity contribution is 7.99. The van der Waals surface area contributed by atoms with Gasteiger partial charge in [-0.05, 0) is 42.8 Å². The first-order valence-corrected chi connectivity index (χ1v) is 12.2. The normalized spacial score (nSPS) is 10.6. The maximum absolute atomic E-state index is 13.2. The number of anilines is 1. The summed E-state index contributed by atoms with van der Waals surface area (Å²) in [4.78, 5) is 35.1. The Balaban J connectivity index is 1.60. The van der Waals surface area contributed by atoms with Gasteiger partial charge in [0.2, 0.25) is 0 Å². The number of carbonyl (C=O) groups excluding carboxylic acids is 1. The molecule has 6 nitrogen and oxygen atoms in total. The van der Waals surface area contributed by atoms with Gasteiger partial charge in [0.25, 0.3) is 5.91 Å². The first kappa shape index (κ1) is 23.5. The van der Waals surface area contributed by atoms with Crippen LogP contribution in [0.25, 0.3) is 0 Å². The van der Waals surface area contributed by atoms with Crippen molar-refractivity contribution in [2.75, 3.05) is 5.32 Å². The van der Waals surface area contributed by atoms with Gasteiger partial charge in [-0.1, -0.05) is 77.6 Å². The van der Waals surface area contributed by atoms with Crippen LogP contribution in [-0.2, 0) is 5.75 Å². The highest BCUT2D eigenvalue weighted by atomic mass is 32.2. The summed E-state index contributed by atoms with van der Waals surface area (Å²) in [5.41, 5.74) is 3.03. The second kappa shape index (κ2) is 11.0. The molecule has 0 fully saturated rings. The fourth-order valence-electron chi connectivity index (χ4n) is 3.15. The van der Waals surface area contributed by atoms with E-state index >= 15 is 0 Å². The molecule has 3 aromatic carbocycles. The van der Waals surface area contributed by atoms with E-state index in [1.54, 1.807) is 18.3 Å². The number of rotatable bonds is 8. The molecule has 0 bridgehead atoms. The molecule has 0 spiro atoms. The van der Waals surface area contributed by atoms with Crippen molar-refractivity contribution in [3.8, 4) is 0 Å². The van der Waals surface area contributed by atoms with Crippen molar-refractivity contribution in [3.63, 3.8) is 0 Å². The molecule has 1 heterocycles. The molecule has 170 valence electrons. The van der Waals surface area contributed by atoms with Gasteiger partial charge in [0, 0.05) is 22.5 Å². The molecule has 0 saturated heterocycles. The van der Waals surface area contributed by atoms with Crippen molar-refractivity contribution >= 4 is 41.1 Å². The number of aromatic carboxylic acids is 1. The largest absolute Gasteiger partial charge is 0.478 e. The van der Waals surface area contributed by atoms with E-state index in [1.165, 1.54) is 41.2 Å². The lowest BCUT2D eigenvalue weighted by Gasteiger charge is -2.11. The quantitative estimate of drug-likeness (QED) is 0.226. The summed E-state index contributed by atoms with van der Waals surface area (Å²) < 4.78 is 0. The number of hydrogen-bond acceptors (Lipinski definition) is 6. The molecule has 8 heteroatoms. The molecule has 0 unspecified atom stereocenters. The Hall–Kier alpha value is -3.62. The van der Waals surface area contributed by atoms with E-state index in [0.717, 1.165) is 10.5 Å². The highest BCUT2D eigenvalue weighted by Gasteiger charge is 2.18. The number of aryl methyl sites for hydroxylation is 1. The first-order chi connectivity index (χ1) is 16.5. The smallest absolute Gasteiger partial charge is 0.335 e. The van der Waals surface area contributed by atoms with Gasteiger partial charge < -0.3 is 10.4 Å². The van der Waals surface area contributed by atoms with Gasteiger partial charge in [0.1, 0.15) is 5.69 Å². The molecule has 34 heavy (non-hydrogen) atoms. The molecule has 4 aromatic rings. The molecule has 2 N–H and O–H groups in total. The van der Waals surface area contributed by atoms with Crippen LogP contribution in [0.1, 0.15) is 32.0 Å². The van der Waals surface area contributed by atoms with Crippen LogP contribution < -0.4 is 5.32 Å². The lowest BCUT2D eigenvalue weighted by Crippen LogP contribution is -2.16. The van der Waals surface area contributed by atoms with E-state index in [1.807, 2.05) is 55.5 Å². The predicted molar refractivity (Wildman–Crippen MR) is 135 cm³/mol. The van der Waals surface area contributed by atoms with Crippen LogP contribution in [0.15, 0.2) is 100 Å². The lowest BCUT2D eigenvalue weighted by atomic mass is 10.2. The van der Waals surface area contributed by atoms with Gasteiger partial charge in [0.05, 0.1) is 10.5 Å². The average Bonchev–Trinajstić information content (AvgIpc) is 2.84. The number of aromatic nitrogens is 2. The van der Waals surface area contributed by atoms with Crippen molar-refractivity contribution in [1.82, 2.24) is 9.97 Å². The molecular weight excluding hydrogens is 466 g/mol. The average molecular weight is 488 g/mol. The van der Waals surface area contributed by atoms with Crippen LogP contribution in [-0.4, -0.2) is 27.0 Å². The number of carbonyl (C=O) groups is 2. The Labute approximate surface area is 205 Å². The van der Waals surface area contributed by atoms with Crippen molar-refractivity contribution < 1.29 is 14.7 Å².